The molecule has 0 N–H and O–H groups in total. The van der Waals surface area contributed by atoms with Crippen molar-refractivity contribution in [1.82, 2.24) is 14.0 Å². The first-order valence-electron chi connectivity index (χ1n) is 8.93. The number of ether oxygens (including phenoxy) is 1. The van der Waals surface area contributed by atoms with Gasteiger partial charge in [-0.15, -0.1) is 0 Å². The third-order valence-corrected chi connectivity index (χ3v) is 6.21. The van der Waals surface area contributed by atoms with Gasteiger partial charge in [-0.2, -0.15) is 0 Å². The lowest BCUT2D eigenvalue weighted by Gasteiger charge is -2.34. The summed E-state index contributed by atoms with van der Waals surface area (Å²) in [6.45, 7) is 1.53. The number of benzene rings is 1. The maximum atomic E-state index is 14.2. The van der Waals surface area contributed by atoms with Crippen LogP contribution in [0.3, 0.4) is 0 Å². The summed E-state index contributed by atoms with van der Waals surface area (Å²) in [5.74, 6) is -1.41. The molecule has 1 aromatic heterocycles. The Morgan fingerprint density at radius 3 is 2.59 bits per heavy atom. The van der Waals surface area contributed by atoms with Crippen LogP contribution in [-0.4, -0.2) is 46.2 Å². The van der Waals surface area contributed by atoms with E-state index in [1.54, 1.807) is 11.9 Å². The molecule has 27 heavy (non-hydrogen) atoms. The highest BCUT2D eigenvalue weighted by Gasteiger charge is 2.33. The van der Waals surface area contributed by atoms with Crippen LogP contribution in [0.1, 0.15) is 22.9 Å². The molecule has 1 aromatic carbocycles. The van der Waals surface area contributed by atoms with Gasteiger partial charge in [0.2, 0.25) is 5.91 Å². The summed E-state index contributed by atoms with van der Waals surface area (Å²) in [5.41, 5.74) is 1.80. The maximum Gasteiger partial charge on any atom is 0.228 e. The standard InChI is InChI=1S/C19H21F2N3O2S/c1-22(12-9-26-10-12)17(25)7-15-16-6-11(8-24(16)19(27)23(15)2)18-13(20)4-3-5-14(18)21/h3-5,11-12H,6-10H2,1-2H3. The number of carbonyl (C=O) groups excluding carboxylic acids is 1. The zero-order valence-corrected chi connectivity index (χ0v) is 16.1. The molecule has 8 heteroatoms. The molecule has 1 fully saturated rings. The molecular formula is C19H21F2N3O2S. The molecule has 0 radical (unpaired) electrons. The van der Waals surface area contributed by atoms with E-state index in [4.69, 9.17) is 17.0 Å². The van der Waals surface area contributed by atoms with Gasteiger partial charge < -0.3 is 18.8 Å². The highest BCUT2D eigenvalue weighted by atomic mass is 32.1. The second-order valence-electron chi connectivity index (χ2n) is 7.25. The third-order valence-electron chi connectivity index (χ3n) is 5.71. The molecule has 4 rings (SSSR count). The monoisotopic (exact) mass is 393 g/mol. The van der Waals surface area contributed by atoms with Gasteiger partial charge in [0.1, 0.15) is 11.6 Å². The molecule has 1 saturated heterocycles. The molecule has 1 unspecified atom stereocenters. The number of nitrogens with zero attached hydrogens (tertiary/aromatic N) is 3. The lowest BCUT2D eigenvalue weighted by atomic mass is 9.95. The Balaban J connectivity index is 1.62. The number of hydrogen-bond acceptors (Lipinski definition) is 3. The van der Waals surface area contributed by atoms with Gasteiger partial charge in [0.25, 0.3) is 0 Å². The first-order chi connectivity index (χ1) is 12.9. The van der Waals surface area contributed by atoms with Crippen LogP contribution in [0.4, 0.5) is 8.78 Å². The van der Waals surface area contributed by atoms with Crippen molar-refractivity contribution < 1.29 is 18.3 Å². The molecule has 2 aliphatic heterocycles. The topological polar surface area (TPSA) is 39.4 Å². The molecule has 1 amide bonds. The fraction of sp³-hybridized carbons (Fsp3) is 0.474. The molecular weight excluding hydrogens is 372 g/mol. The van der Waals surface area contributed by atoms with E-state index in [-0.39, 0.29) is 29.9 Å². The van der Waals surface area contributed by atoms with Crippen LogP contribution in [0, 0.1) is 16.4 Å². The van der Waals surface area contributed by atoms with Crippen molar-refractivity contribution in [3.8, 4) is 0 Å². The highest BCUT2D eigenvalue weighted by molar-refractivity contribution is 7.71. The smallest absolute Gasteiger partial charge is 0.228 e. The number of rotatable bonds is 4. The minimum Gasteiger partial charge on any atom is -0.377 e. The van der Waals surface area contributed by atoms with Crippen molar-refractivity contribution in [2.45, 2.75) is 31.3 Å². The van der Waals surface area contributed by atoms with Crippen molar-refractivity contribution >= 4 is 18.1 Å². The summed E-state index contributed by atoms with van der Waals surface area (Å²) >= 11 is 5.51. The molecule has 0 bridgehead atoms. The normalized spacial score (nSPS) is 19.0. The van der Waals surface area contributed by atoms with Crippen molar-refractivity contribution in [3.63, 3.8) is 0 Å². The van der Waals surface area contributed by atoms with Crippen molar-refractivity contribution in [2.75, 3.05) is 20.3 Å². The quantitative estimate of drug-likeness (QED) is 0.750. The first-order valence-corrected chi connectivity index (χ1v) is 9.34. The second-order valence-corrected chi connectivity index (χ2v) is 7.62. The lowest BCUT2D eigenvalue weighted by molar-refractivity contribution is -0.141. The Labute approximate surface area is 161 Å². The fourth-order valence-electron chi connectivity index (χ4n) is 3.93. The Hall–Kier alpha value is -2.06. The number of carbonyl (C=O) groups is 1. The van der Waals surface area contributed by atoms with Crippen LogP contribution in [-0.2, 0) is 36.0 Å². The van der Waals surface area contributed by atoms with E-state index in [0.29, 0.717) is 31.0 Å². The van der Waals surface area contributed by atoms with E-state index in [0.717, 1.165) is 11.4 Å². The van der Waals surface area contributed by atoms with Crippen LogP contribution in [0.15, 0.2) is 18.2 Å². The summed E-state index contributed by atoms with van der Waals surface area (Å²) in [5, 5.41) is 0. The number of hydrogen-bond donors (Lipinski definition) is 0. The van der Waals surface area contributed by atoms with E-state index in [9.17, 15) is 13.6 Å². The second kappa shape index (κ2) is 6.83. The zero-order valence-electron chi connectivity index (χ0n) is 15.2. The number of amides is 1. The van der Waals surface area contributed by atoms with Gasteiger partial charge in [-0.3, -0.25) is 4.79 Å². The molecule has 0 aliphatic carbocycles. The molecule has 0 spiro atoms. The van der Waals surface area contributed by atoms with Crippen molar-refractivity contribution in [3.05, 3.63) is 51.6 Å². The number of likely N-dealkylation sites (N-methyl/N-ethyl adjacent to an activating group) is 1. The minimum absolute atomic E-state index is 0.0113. The zero-order chi connectivity index (χ0) is 19.3. The van der Waals surface area contributed by atoms with Crippen LogP contribution in [0.25, 0.3) is 0 Å². The average molecular weight is 393 g/mol. The van der Waals surface area contributed by atoms with E-state index in [2.05, 4.69) is 0 Å². The van der Waals surface area contributed by atoms with Crippen molar-refractivity contribution in [2.24, 2.45) is 7.05 Å². The van der Waals surface area contributed by atoms with Gasteiger partial charge in [-0.25, -0.2) is 8.78 Å². The van der Waals surface area contributed by atoms with Crippen LogP contribution in [0.5, 0.6) is 0 Å². The summed E-state index contributed by atoms with van der Waals surface area (Å²) in [6.07, 6.45) is 0.670. The Kier molecular flexibility index (Phi) is 4.63. The Morgan fingerprint density at radius 2 is 2.00 bits per heavy atom. The summed E-state index contributed by atoms with van der Waals surface area (Å²) in [7, 11) is 3.61. The Morgan fingerprint density at radius 1 is 1.33 bits per heavy atom. The highest BCUT2D eigenvalue weighted by Crippen LogP contribution is 2.35. The molecule has 5 nitrogen and oxygen atoms in total. The van der Waals surface area contributed by atoms with E-state index in [1.807, 2.05) is 16.2 Å². The van der Waals surface area contributed by atoms with E-state index < -0.39 is 11.6 Å². The fourth-order valence-corrected chi connectivity index (χ4v) is 4.22. The van der Waals surface area contributed by atoms with Gasteiger partial charge in [-0.05, 0) is 30.8 Å². The van der Waals surface area contributed by atoms with Gasteiger partial charge in [0.15, 0.2) is 4.77 Å². The van der Waals surface area contributed by atoms with Crippen LogP contribution in [0.2, 0.25) is 0 Å². The predicted molar refractivity (Wildman–Crippen MR) is 98.1 cm³/mol. The minimum atomic E-state index is -0.539. The number of aromatic nitrogens is 2. The Bertz CT molecular complexity index is 944. The van der Waals surface area contributed by atoms with E-state index >= 15 is 0 Å². The van der Waals surface area contributed by atoms with Gasteiger partial charge in [0.05, 0.1) is 25.7 Å². The molecule has 1 atom stereocenters. The van der Waals surface area contributed by atoms with E-state index in [1.165, 1.54) is 18.2 Å². The summed E-state index contributed by atoms with van der Waals surface area (Å²) < 4.78 is 37.9. The van der Waals surface area contributed by atoms with Gasteiger partial charge in [0, 0.05) is 43.5 Å². The first kappa shape index (κ1) is 18.3. The molecule has 144 valence electrons. The molecule has 2 aliphatic rings. The third kappa shape index (κ3) is 3.00. The predicted octanol–water partition coefficient (Wildman–Crippen LogP) is 2.57. The maximum absolute atomic E-state index is 14.2. The largest absolute Gasteiger partial charge is 0.377 e. The van der Waals surface area contributed by atoms with Gasteiger partial charge >= 0.3 is 0 Å². The average Bonchev–Trinajstić information content (AvgIpc) is 3.08. The van der Waals surface area contributed by atoms with Gasteiger partial charge in [-0.1, -0.05) is 6.07 Å². The molecule has 3 heterocycles. The number of fused-ring (bicyclic) bond motifs is 1. The molecule has 2 aromatic rings. The summed E-state index contributed by atoms with van der Waals surface area (Å²) in [6, 6.07) is 4.04. The summed E-state index contributed by atoms with van der Waals surface area (Å²) in [4.78, 5) is 14.4. The molecule has 0 saturated carbocycles. The lowest BCUT2D eigenvalue weighted by Crippen LogP contribution is -2.50. The van der Waals surface area contributed by atoms with Crippen LogP contribution >= 0.6 is 12.2 Å². The number of imidazole rings is 1. The SMILES string of the molecule is CN(C(=O)Cc1c2n(c(=S)n1C)CC(c1c(F)cccc1F)C2)C1COC1. The van der Waals surface area contributed by atoms with Crippen molar-refractivity contribution in [1.29, 1.82) is 0 Å². The van der Waals surface area contributed by atoms with Crippen LogP contribution < -0.4 is 0 Å². The number of halogens is 2.